The van der Waals surface area contributed by atoms with Crippen molar-refractivity contribution < 1.29 is 14.3 Å². The van der Waals surface area contributed by atoms with Crippen LogP contribution in [0.3, 0.4) is 0 Å². The van der Waals surface area contributed by atoms with E-state index in [1.54, 1.807) is 28.8 Å². The summed E-state index contributed by atoms with van der Waals surface area (Å²) in [4.78, 5) is 26.5. The molecular weight excluding hydrogens is 457 g/mol. The SMILES string of the molecule is COc1ccc(-n2nc(C=O)c3c2C(=O)N(c2ccc(I)cc2)CC3)cc1. The number of halogens is 1. The van der Waals surface area contributed by atoms with E-state index in [1.807, 2.05) is 36.4 Å². The lowest BCUT2D eigenvalue weighted by molar-refractivity contribution is 0.0973. The van der Waals surface area contributed by atoms with Crippen LogP contribution in [0.5, 0.6) is 5.75 Å². The number of aldehydes is 1. The molecule has 0 atom stereocenters. The van der Waals surface area contributed by atoms with Gasteiger partial charge in [0.1, 0.15) is 17.1 Å². The lowest BCUT2D eigenvalue weighted by Gasteiger charge is -2.27. The number of rotatable bonds is 4. The second-order valence-corrected chi connectivity index (χ2v) is 7.37. The van der Waals surface area contributed by atoms with Crippen LogP contribution >= 0.6 is 22.6 Å². The van der Waals surface area contributed by atoms with Crippen molar-refractivity contribution in [2.24, 2.45) is 0 Å². The Bertz CT molecular complexity index is 1010. The summed E-state index contributed by atoms with van der Waals surface area (Å²) in [5.41, 5.74) is 3.00. The lowest BCUT2D eigenvalue weighted by Crippen LogP contribution is -2.38. The smallest absolute Gasteiger partial charge is 0.277 e. The van der Waals surface area contributed by atoms with Gasteiger partial charge in [-0.2, -0.15) is 5.10 Å². The molecule has 3 aromatic rings. The van der Waals surface area contributed by atoms with Crippen molar-refractivity contribution in [1.82, 2.24) is 9.78 Å². The van der Waals surface area contributed by atoms with Gasteiger partial charge in [-0.3, -0.25) is 9.59 Å². The highest BCUT2D eigenvalue weighted by Crippen LogP contribution is 2.29. The summed E-state index contributed by atoms with van der Waals surface area (Å²) < 4.78 is 7.85. The largest absolute Gasteiger partial charge is 0.497 e. The Morgan fingerprint density at radius 3 is 2.37 bits per heavy atom. The Morgan fingerprint density at radius 1 is 1.07 bits per heavy atom. The number of ether oxygens (including phenoxy) is 1. The van der Waals surface area contributed by atoms with Gasteiger partial charge in [-0.05, 0) is 77.5 Å². The van der Waals surface area contributed by atoms with Crippen molar-refractivity contribution in [2.45, 2.75) is 6.42 Å². The van der Waals surface area contributed by atoms with E-state index in [2.05, 4.69) is 27.7 Å². The molecule has 0 saturated heterocycles. The topological polar surface area (TPSA) is 64.4 Å². The minimum atomic E-state index is -0.158. The summed E-state index contributed by atoms with van der Waals surface area (Å²) >= 11 is 2.23. The number of fused-ring (bicyclic) bond motifs is 1. The van der Waals surface area contributed by atoms with Crippen molar-refractivity contribution in [3.63, 3.8) is 0 Å². The summed E-state index contributed by atoms with van der Waals surface area (Å²) in [5.74, 6) is 0.552. The van der Waals surface area contributed by atoms with Gasteiger partial charge in [-0.25, -0.2) is 4.68 Å². The second-order valence-electron chi connectivity index (χ2n) is 6.12. The molecule has 0 unspecified atom stereocenters. The monoisotopic (exact) mass is 473 g/mol. The van der Waals surface area contributed by atoms with Gasteiger partial charge in [0.25, 0.3) is 5.91 Å². The molecule has 6 nitrogen and oxygen atoms in total. The molecule has 1 aromatic heterocycles. The molecular formula is C20H16IN3O3. The number of methoxy groups -OCH3 is 1. The minimum Gasteiger partial charge on any atom is -0.497 e. The maximum Gasteiger partial charge on any atom is 0.277 e. The Labute approximate surface area is 169 Å². The van der Waals surface area contributed by atoms with E-state index in [-0.39, 0.29) is 5.91 Å². The zero-order valence-corrected chi connectivity index (χ0v) is 16.7. The number of carbonyl (C=O) groups excluding carboxylic acids is 2. The third-order valence-electron chi connectivity index (χ3n) is 4.61. The molecule has 1 amide bonds. The van der Waals surface area contributed by atoms with Crippen LogP contribution in [0.1, 0.15) is 26.5 Å². The molecule has 136 valence electrons. The van der Waals surface area contributed by atoms with Crippen molar-refractivity contribution >= 4 is 40.5 Å². The highest BCUT2D eigenvalue weighted by atomic mass is 127. The van der Waals surface area contributed by atoms with E-state index < -0.39 is 0 Å². The fourth-order valence-corrected chi connectivity index (χ4v) is 3.62. The molecule has 0 aliphatic carbocycles. The van der Waals surface area contributed by atoms with Crippen molar-refractivity contribution in [2.75, 3.05) is 18.6 Å². The fraction of sp³-hybridized carbons (Fsp3) is 0.150. The summed E-state index contributed by atoms with van der Waals surface area (Å²) in [6.07, 6.45) is 1.30. The quantitative estimate of drug-likeness (QED) is 0.430. The first-order valence-electron chi connectivity index (χ1n) is 8.41. The number of nitrogens with zero attached hydrogens (tertiary/aromatic N) is 3. The number of carbonyl (C=O) groups is 2. The first-order valence-corrected chi connectivity index (χ1v) is 9.49. The Hall–Kier alpha value is -2.68. The molecule has 0 radical (unpaired) electrons. The number of amides is 1. The minimum absolute atomic E-state index is 0.158. The average molecular weight is 473 g/mol. The summed E-state index contributed by atoms with van der Waals surface area (Å²) in [7, 11) is 1.59. The first-order chi connectivity index (χ1) is 13.1. The molecule has 1 aliphatic rings. The predicted octanol–water partition coefficient (Wildman–Crippen LogP) is 3.50. The van der Waals surface area contributed by atoms with Gasteiger partial charge in [0.2, 0.25) is 0 Å². The summed E-state index contributed by atoms with van der Waals surface area (Å²) in [6, 6.07) is 15.0. The fourth-order valence-electron chi connectivity index (χ4n) is 3.26. The van der Waals surface area contributed by atoms with E-state index in [1.165, 1.54) is 0 Å². The van der Waals surface area contributed by atoms with Crippen LogP contribution in [0, 0.1) is 3.57 Å². The van der Waals surface area contributed by atoms with Crippen LogP contribution in [0.2, 0.25) is 0 Å². The van der Waals surface area contributed by atoms with Gasteiger partial charge in [0.05, 0.1) is 12.8 Å². The highest BCUT2D eigenvalue weighted by Gasteiger charge is 2.33. The number of hydrogen-bond donors (Lipinski definition) is 0. The van der Waals surface area contributed by atoms with Crippen molar-refractivity contribution in [3.8, 4) is 11.4 Å². The van der Waals surface area contributed by atoms with Crippen LogP contribution in [0.25, 0.3) is 5.69 Å². The number of anilines is 1. The van der Waals surface area contributed by atoms with E-state index in [0.717, 1.165) is 9.26 Å². The van der Waals surface area contributed by atoms with E-state index in [0.29, 0.717) is 47.6 Å². The molecule has 2 heterocycles. The Balaban J connectivity index is 1.80. The molecule has 0 fully saturated rings. The normalized spacial score (nSPS) is 13.4. The van der Waals surface area contributed by atoms with Crippen LogP contribution in [-0.4, -0.2) is 35.6 Å². The predicted molar refractivity (Wildman–Crippen MR) is 110 cm³/mol. The molecule has 2 aromatic carbocycles. The van der Waals surface area contributed by atoms with Gasteiger partial charge in [0.15, 0.2) is 6.29 Å². The van der Waals surface area contributed by atoms with Gasteiger partial charge in [0, 0.05) is 21.4 Å². The molecule has 0 bridgehead atoms. The average Bonchev–Trinajstić information content (AvgIpc) is 3.09. The molecule has 0 spiro atoms. The van der Waals surface area contributed by atoms with Crippen LogP contribution in [-0.2, 0) is 6.42 Å². The number of benzene rings is 2. The number of hydrogen-bond acceptors (Lipinski definition) is 4. The molecule has 0 N–H and O–H groups in total. The van der Waals surface area contributed by atoms with Gasteiger partial charge < -0.3 is 9.64 Å². The summed E-state index contributed by atoms with van der Waals surface area (Å²) in [5, 5.41) is 4.39. The van der Waals surface area contributed by atoms with Crippen LogP contribution < -0.4 is 9.64 Å². The van der Waals surface area contributed by atoms with Crippen LogP contribution in [0.4, 0.5) is 5.69 Å². The second kappa shape index (κ2) is 7.15. The van der Waals surface area contributed by atoms with Gasteiger partial charge >= 0.3 is 0 Å². The van der Waals surface area contributed by atoms with Crippen molar-refractivity contribution in [3.05, 3.63) is 69.1 Å². The molecule has 0 saturated carbocycles. The third kappa shape index (κ3) is 3.12. The molecule has 4 rings (SSSR count). The van der Waals surface area contributed by atoms with Gasteiger partial charge in [-0.15, -0.1) is 0 Å². The van der Waals surface area contributed by atoms with E-state index in [4.69, 9.17) is 4.74 Å². The lowest BCUT2D eigenvalue weighted by atomic mass is 10.0. The molecule has 7 heteroatoms. The van der Waals surface area contributed by atoms with Gasteiger partial charge in [-0.1, -0.05) is 0 Å². The number of aromatic nitrogens is 2. The van der Waals surface area contributed by atoms with Crippen molar-refractivity contribution in [1.29, 1.82) is 0 Å². The Morgan fingerprint density at radius 2 is 1.74 bits per heavy atom. The summed E-state index contributed by atoms with van der Waals surface area (Å²) in [6.45, 7) is 0.515. The maximum absolute atomic E-state index is 13.3. The highest BCUT2D eigenvalue weighted by molar-refractivity contribution is 14.1. The standard InChI is InChI=1S/C20H16IN3O3/c1-27-16-8-6-15(7-9-16)24-19-17(18(12-25)22-24)10-11-23(20(19)26)14-4-2-13(21)3-5-14/h2-9,12H,10-11H2,1H3. The Kier molecular flexibility index (Phi) is 4.69. The van der Waals surface area contributed by atoms with E-state index >= 15 is 0 Å². The maximum atomic E-state index is 13.3. The zero-order valence-electron chi connectivity index (χ0n) is 14.6. The zero-order chi connectivity index (χ0) is 19.0. The van der Waals surface area contributed by atoms with E-state index in [9.17, 15) is 9.59 Å². The first kappa shape index (κ1) is 17.7. The van der Waals surface area contributed by atoms with Crippen LogP contribution in [0.15, 0.2) is 48.5 Å². The third-order valence-corrected chi connectivity index (χ3v) is 5.33. The molecule has 27 heavy (non-hydrogen) atoms. The molecule has 1 aliphatic heterocycles.